The van der Waals surface area contributed by atoms with Gasteiger partial charge in [0, 0.05) is 37.0 Å². The van der Waals surface area contributed by atoms with E-state index in [0.717, 1.165) is 0 Å². The molecule has 0 amide bonds. The molecule has 4 unspecified atom stereocenters. The molecule has 0 aromatic heterocycles. The average Bonchev–Trinajstić information content (AvgIpc) is 2.45. The largest absolute Gasteiger partial charge is 0.472 e. The van der Waals surface area contributed by atoms with E-state index in [-0.39, 0.29) is 49.6 Å². The summed E-state index contributed by atoms with van der Waals surface area (Å²) in [6.07, 6.45) is 3.11. The number of aliphatic hydroxyl groups excluding tert-OH is 3. The Hall–Kier alpha value is 0.212. The third kappa shape index (κ3) is 1.93. The minimum absolute atomic E-state index is 0. The van der Waals surface area contributed by atoms with Gasteiger partial charge in [0.05, 0.1) is 24.9 Å². The molecule has 0 fully saturated rings. The van der Waals surface area contributed by atoms with Gasteiger partial charge in [-0.25, -0.2) is 0 Å². The molecular weight excluding hydrogens is 410 g/mol. The van der Waals surface area contributed by atoms with Crippen LogP contribution in [-0.2, 0) is 4.74 Å². The molecule has 4 nitrogen and oxygen atoms in total. The Labute approximate surface area is 106 Å². The molecule has 76 valence electrons. The molecule has 1 aliphatic heterocycles. The van der Waals surface area contributed by atoms with Gasteiger partial charge in [-0.3, -0.25) is 0 Å². The van der Waals surface area contributed by atoms with Crippen LogP contribution in [0.15, 0.2) is 24.0 Å². The fourth-order valence-corrected chi connectivity index (χ4v) is 1.97. The molecule has 0 aromatic rings. The maximum absolute atomic E-state index is 9.54. The predicted octanol–water partition coefficient (Wildman–Crippen LogP) is -0.626. The van der Waals surface area contributed by atoms with E-state index >= 15 is 0 Å². The van der Waals surface area contributed by atoms with Crippen LogP contribution in [0.5, 0.6) is 0 Å². The van der Waals surface area contributed by atoms with Gasteiger partial charge in [0.25, 0.3) is 0 Å². The molecule has 14 heavy (non-hydrogen) atoms. The molecule has 0 radical (unpaired) electrons. The van der Waals surface area contributed by atoms with Crippen molar-refractivity contribution in [1.82, 2.24) is 0 Å². The topological polar surface area (TPSA) is 69.9 Å². The first-order valence-corrected chi connectivity index (χ1v) is 4.23. The summed E-state index contributed by atoms with van der Waals surface area (Å²) < 4.78 is 4.88. The number of hydrogen-bond acceptors (Lipinski definition) is 4. The molecule has 5 heteroatoms. The summed E-state index contributed by atoms with van der Waals surface area (Å²) >= 11 is 0. The summed E-state index contributed by atoms with van der Waals surface area (Å²) in [6, 6.07) is 0. The van der Waals surface area contributed by atoms with Crippen molar-refractivity contribution in [2.24, 2.45) is 11.8 Å². The van der Waals surface area contributed by atoms with Crippen molar-refractivity contribution in [3.05, 3.63) is 24.0 Å². The van der Waals surface area contributed by atoms with E-state index in [1.54, 1.807) is 12.2 Å². The van der Waals surface area contributed by atoms with E-state index in [4.69, 9.17) is 9.84 Å². The Morgan fingerprint density at radius 1 is 1.36 bits per heavy atom. The zero-order valence-corrected chi connectivity index (χ0v) is 11.7. The molecule has 4 atom stereocenters. The molecule has 2 rings (SSSR count). The van der Waals surface area contributed by atoms with Crippen LogP contribution in [0.1, 0.15) is 0 Å². The van der Waals surface area contributed by atoms with Crippen LogP contribution in [0, 0.1) is 42.9 Å². The Kier molecular flexibility index (Phi) is 4.23. The van der Waals surface area contributed by atoms with Crippen molar-refractivity contribution in [1.29, 1.82) is 0 Å². The van der Waals surface area contributed by atoms with E-state index in [2.05, 4.69) is 0 Å². The zero-order chi connectivity index (χ0) is 9.42. The van der Waals surface area contributed by atoms with Crippen LogP contribution in [0.3, 0.4) is 0 Å². The average molecular weight is 422 g/mol. The Balaban J connectivity index is 0.000000980. The maximum atomic E-state index is 9.54. The van der Waals surface area contributed by atoms with Crippen molar-refractivity contribution < 1.29 is 51.2 Å². The van der Waals surface area contributed by atoms with Gasteiger partial charge in [0.15, 0.2) is 0 Å². The smallest absolute Gasteiger partial charge is 0.203 e. The molecule has 1 heterocycles. The second-order valence-corrected chi connectivity index (χ2v) is 3.35. The van der Waals surface area contributed by atoms with Crippen molar-refractivity contribution in [2.75, 3.05) is 6.61 Å². The quantitative estimate of drug-likeness (QED) is 0.493. The zero-order valence-electron chi connectivity index (χ0n) is 7.50. The Morgan fingerprint density at radius 3 is 2.71 bits per heavy atom. The van der Waals surface area contributed by atoms with Gasteiger partial charge in [0.1, 0.15) is 0 Å². The SMILES string of the molecule is OCC1=CC(O)C2C=COC(O)C12.[U]. The molecule has 0 spiro atoms. The van der Waals surface area contributed by atoms with Crippen molar-refractivity contribution in [3.8, 4) is 0 Å². The second-order valence-electron chi connectivity index (χ2n) is 3.35. The van der Waals surface area contributed by atoms with Gasteiger partial charge in [-0.2, -0.15) is 0 Å². The molecule has 3 N–H and O–H groups in total. The summed E-state index contributed by atoms with van der Waals surface area (Å²) in [6.45, 7) is -0.146. The number of rotatable bonds is 1. The third-order valence-corrected chi connectivity index (χ3v) is 2.63. The van der Waals surface area contributed by atoms with E-state index in [1.165, 1.54) is 6.26 Å². The molecule has 1 aliphatic carbocycles. The number of fused-ring (bicyclic) bond motifs is 1. The minimum atomic E-state index is -0.953. The maximum Gasteiger partial charge on any atom is 0.203 e. The standard InChI is InChI=1S/C9H12O4.U/c10-4-5-3-7(11)6-1-2-13-9(12)8(5)6;/h1-3,6-12H,4H2;. The van der Waals surface area contributed by atoms with Gasteiger partial charge in [-0.15, -0.1) is 0 Å². The fourth-order valence-electron chi connectivity index (χ4n) is 1.97. The van der Waals surface area contributed by atoms with Crippen molar-refractivity contribution >= 4 is 0 Å². The number of hydrogen-bond donors (Lipinski definition) is 3. The molecule has 0 aromatic carbocycles. The predicted molar refractivity (Wildman–Crippen MR) is 44.4 cm³/mol. The van der Waals surface area contributed by atoms with Crippen LogP contribution in [0.2, 0.25) is 0 Å². The third-order valence-electron chi connectivity index (χ3n) is 2.63. The number of ether oxygens (including phenoxy) is 1. The van der Waals surface area contributed by atoms with Gasteiger partial charge < -0.3 is 20.1 Å². The summed E-state index contributed by atoms with van der Waals surface area (Å²) in [5.41, 5.74) is 0.648. The minimum Gasteiger partial charge on any atom is -0.472 e. The number of aliphatic hydroxyl groups is 3. The second kappa shape index (κ2) is 4.82. The molecule has 2 aliphatic rings. The van der Waals surface area contributed by atoms with Gasteiger partial charge in [-0.1, -0.05) is 6.08 Å². The van der Waals surface area contributed by atoms with Crippen LogP contribution < -0.4 is 0 Å². The monoisotopic (exact) mass is 422 g/mol. The molecular formula is C9H12O4U. The van der Waals surface area contributed by atoms with Gasteiger partial charge in [0.2, 0.25) is 6.29 Å². The first-order valence-electron chi connectivity index (χ1n) is 4.23. The summed E-state index contributed by atoms with van der Waals surface area (Å²) in [5, 5.41) is 28.0. The molecule has 0 bridgehead atoms. The van der Waals surface area contributed by atoms with E-state index in [0.29, 0.717) is 5.57 Å². The Bertz CT molecular complexity index is 264. The van der Waals surface area contributed by atoms with Crippen molar-refractivity contribution in [3.63, 3.8) is 0 Å². The van der Waals surface area contributed by atoms with E-state index in [1.807, 2.05) is 0 Å². The molecule has 0 saturated heterocycles. The molecule has 0 saturated carbocycles. The van der Waals surface area contributed by atoms with Crippen LogP contribution in [0.4, 0.5) is 0 Å². The van der Waals surface area contributed by atoms with Crippen LogP contribution >= 0.6 is 0 Å². The first-order chi connectivity index (χ1) is 6.24. The van der Waals surface area contributed by atoms with E-state index in [9.17, 15) is 10.2 Å². The summed E-state index contributed by atoms with van der Waals surface area (Å²) in [4.78, 5) is 0. The van der Waals surface area contributed by atoms with Crippen LogP contribution in [0.25, 0.3) is 0 Å². The fraction of sp³-hybridized carbons (Fsp3) is 0.556. The van der Waals surface area contributed by atoms with Gasteiger partial charge >= 0.3 is 0 Å². The van der Waals surface area contributed by atoms with Crippen molar-refractivity contribution in [2.45, 2.75) is 12.4 Å². The first kappa shape index (κ1) is 12.3. The normalized spacial score (nSPS) is 39.5. The summed E-state index contributed by atoms with van der Waals surface area (Å²) in [7, 11) is 0. The summed E-state index contributed by atoms with van der Waals surface area (Å²) in [5.74, 6) is -0.462. The Morgan fingerprint density at radius 2 is 2.07 bits per heavy atom. The van der Waals surface area contributed by atoms with Crippen LogP contribution in [-0.4, -0.2) is 34.3 Å². The van der Waals surface area contributed by atoms with Gasteiger partial charge in [-0.05, 0) is 11.6 Å². The van der Waals surface area contributed by atoms with E-state index < -0.39 is 12.4 Å².